The van der Waals surface area contributed by atoms with Gasteiger partial charge in [-0.3, -0.25) is 0 Å². The maximum absolute atomic E-state index is 6.04. The number of aryl methyl sites for hydroxylation is 1. The summed E-state index contributed by atoms with van der Waals surface area (Å²) in [6.07, 6.45) is 1.74. The Kier molecular flexibility index (Phi) is 4.49. The molecule has 1 aromatic heterocycles. The van der Waals surface area contributed by atoms with Gasteiger partial charge in [0.25, 0.3) is 0 Å². The van der Waals surface area contributed by atoms with Crippen molar-refractivity contribution < 1.29 is 0 Å². The lowest BCUT2D eigenvalue weighted by Crippen LogP contribution is -2.01. The highest BCUT2D eigenvalue weighted by molar-refractivity contribution is 9.10. The number of hydrogen-bond acceptors (Lipinski definition) is 2. The molecule has 0 atom stereocenters. The largest absolute Gasteiger partial charge is 0.378 e. The summed E-state index contributed by atoms with van der Waals surface area (Å²) in [6, 6.07) is 7.81. The highest BCUT2D eigenvalue weighted by Gasteiger charge is 2.03. The van der Waals surface area contributed by atoms with Gasteiger partial charge in [-0.15, -0.1) is 0 Å². The van der Waals surface area contributed by atoms with E-state index in [9.17, 15) is 0 Å². The lowest BCUT2D eigenvalue weighted by Gasteiger charge is -2.09. The molecule has 1 aromatic carbocycles. The maximum atomic E-state index is 6.04. The third-order valence-corrected chi connectivity index (χ3v) is 3.98. The van der Waals surface area contributed by atoms with Gasteiger partial charge in [-0.05, 0) is 52.2 Å². The zero-order valence-electron chi connectivity index (χ0n) is 9.67. The van der Waals surface area contributed by atoms with Crippen LogP contribution in [0.5, 0.6) is 0 Å². The van der Waals surface area contributed by atoms with Crippen molar-refractivity contribution in [2.24, 2.45) is 0 Å². The fraction of sp³-hybridized carbons (Fsp3) is 0.154. The quantitative estimate of drug-likeness (QED) is 0.785. The SMILES string of the molecule is Cc1cnc(Cl)c(NCc2ccc(Br)c(Cl)c2)c1. The molecule has 5 heteroatoms. The fourth-order valence-corrected chi connectivity index (χ4v) is 2.14. The van der Waals surface area contributed by atoms with E-state index in [0.717, 1.165) is 21.3 Å². The average molecular weight is 346 g/mol. The van der Waals surface area contributed by atoms with Crippen LogP contribution in [0.3, 0.4) is 0 Å². The van der Waals surface area contributed by atoms with E-state index in [1.54, 1.807) is 6.20 Å². The van der Waals surface area contributed by atoms with Crippen molar-refractivity contribution in [3.63, 3.8) is 0 Å². The van der Waals surface area contributed by atoms with Crippen LogP contribution < -0.4 is 5.32 Å². The predicted molar refractivity (Wildman–Crippen MR) is 80.5 cm³/mol. The summed E-state index contributed by atoms with van der Waals surface area (Å²) >= 11 is 15.4. The third-order valence-electron chi connectivity index (χ3n) is 2.44. The molecule has 0 radical (unpaired) electrons. The van der Waals surface area contributed by atoms with Gasteiger partial charge in [0, 0.05) is 17.2 Å². The normalized spacial score (nSPS) is 10.4. The second-order valence-electron chi connectivity index (χ2n) is 3.95. The Labute approximate surface area is 124 Å². The molecule has 0 spiro atoms. The zero-order valence-corrected chi connectivity index (χ0v) is 12.8. The van der Waals surface area contributed by atoms with Gasteiger partial charge in [-0.25, -0.2) is 4.98 Å². The lowest BCUT2D eigenvalue weighted by molar-refractivity contribution is 1.13. The molecule has 0 saturated heterocycles. The Morgan fingerprint density at radius 2 is 2.06 bits per heavy atom. The number of anilines is 1. The summed E-state index contributed by atoms with van der Waals surface area (Å²) < 4.78 is 0.892. The van der Waals surface area contributed by atoms with Crippen molar-refractivity contribution in [3.8, 4) is 0 Å². The molecule has 1 heterocycles. The van der Waals surface area contributed by atoms with Crippen LogP contribution in [0, 0.1) is 6.92 Å². The number of rotatable bonds is 3. The standard InChI is InChI=1S/C13H11BrCl2N2/c1-8-4-12(13(16)18-6-8)17-7-9-2-3-10(14)11(15)5-9/h2-6,17H,7H2,1H3. The molecule has 0 aliphatic carbocycles. The highest BCUT2D eigenvalue weighted by atomic mass is 79.9. The predicted octanol–water partition coefficient (Wildman–Crippen LogP) is 5.07. The summed E-state index contributed by atoms with van der Waals surface area (Å²) in [5, 5.41) is 4.42. The van der Waals surface area contributed by atoms with Gasteiger partial charge in [0.15, 0.2) is 5.15 Å². The maximum Gasteiger partial charge on any atom is 0.152 e. The van der Waals surface area contributed by atoms with Gasteiger partial charge in [-0.2, -0.15) is 0 Å². The van der Waals surface area contributed by atoms with E-state index in [0.29, 0.717) is 16.7 Å². The van der Waals surface area contributed by atoms with Crippen LogP contribution in [-0.2, 0) is 6.54 Å². The van der Waals surface area contributed by atoms with Crippen molar-refractivity contribution in [2.75, 3.05) is 5.32 Å². The Morgan fingerprint density at radius 1 is 1.28 bits per heavy atom. The van der Waals surface area contributed by atoms with Crippen LogP contribution >= 0.6 is 39.1 Å². The first-order valence-corrected chi connectivity index (χ1v) is 6.91. The molecule has 0 saturated carbocycles. The van der Waals surface area contributed by atoms with Gasteiger partial charge in [-0.1, -0.05) is 29.3 Å². The number of nitrogens with one attached hydrogen (secondary N) is 1. The van der Waals surface area contributed by atoms with E-state index in [1.807, 2.05) is 31.2 Å². The lowest BCUT2D eigenvalue weighted by atomic mass is 10.2. The number of hydrogen-bond donors (Lipinski definition) is 1. The number of nitrogens with zero attached hydrogens (tertiary/aromatic N) is 1. The molecule has 2 aromatic rings. The fourth-order valence-electron chi connectivity index (χ4n) is 1.52. The van der Waals surface area contributed by atoms with Gasteiger partial charge < -0.3 is 5.32 Å². The highest BCUT2D eigenvalue weighted by Crippen LogP contribution is 2.25. The van der Waals surface area contributed by atoms with Gasteiger partial charge in [0.05, 0.1) is 10.7 Å². The number of halogens is 3. The topological polar surface area (TPSA) is 24.9 Å². The molecule has 1 N–H and O–H groups in total. The number of aromatic nitrogens is 1. The van der Waals surface area contributed by atoms with Crippen molar-refractivity contribution >= 4 is 44.8 Å². The molecule has 0 aliphatic rings. The van der Waals surface area contributed by atoms with Crippen molar-refractivity contribution in [1.29, 1.82) is 0 Å². The van der Waals surface area contributed by atoms with Crippen LogP contribution in [0.4, 0.5) is 5.69 Å². The third kappa shape index (κ3) is 3.37. The summed E-state index contributed by atoms with van der Waals surface area (Å²) in [7, 11) is 0. The monoisotopic (exact) mass is 344 g/mol. The minimum Gasteiger partial charge on any atom is -0.378 e. The van der Waals surface area contributed by atoms with Gasteiger partial charge >= 0.3 is 0 Å². The summed E-state index contributed by atoms with van der Waals surface area (Å²) in [6.45, 7) is 2.63. The summed E-state index contributed by atoms with van der Waals surface area (Å²) in [5.41, 5.74) is 2.98. The van der Waals surface area contributed by atoms with E-state index in [1.165, 1.54) is 0 Å². The minimum atomic E-state index is 0.476. The van der Waals surface area contributed by atoms with E-state index in [4.69, 9.17) is 23.2 Å². The van der Waals surface area contributed by atoms with E-state index < -0.39 is 0 Å². The van der Waals surface area contributed by atoms with Gasteiger partial charge in [0.2, 0.25) is 0 Å². The van der Waals surface area contributed by atoms with E-state index in [-0.39, 0.29) is 0 Å². The first-order valence-electron chi connectivity index (χ1n) is 5.36. The van der Waals surface area contributed by atoms with Crippen LogP contribution in [0.15, 0.2) is 34.9 Å². The molecule has 18 heavy (non-hydrogen) atoms. The molecule has 0 unspecified atom stereocenters. The zero-order chi connectivity index (χ0) is 13.1. The Hall–Kier alpha value is -0.770. The van der Waals surface area contributed by atoms with Crippen molar-refractivity contribution in [3.05, 3.63) is 56.2 Å². The first kappa shape index (κ1) is 13.7. The first-order chi connectivity index (χ1) is 8.56. The van der Waals surface area contributed by atoms with Crippen molar-refractivity contribution in [1.82, 2.24) is 4.98 Å². The molecule has 0 fully saturated rings. The van der Waals surface area contributed by atoms with E-state index >= 15 is 0 Å². The summed E-state index contributed by atoms with van der Waals surface area (Å²) in [4.78, 5) is 4.09. The van der Waals surface area contributed by atoms with Gasteiger partial charge in [0.1, 0.15) is 0 Å². The Morgan fingerprint density at radius 3 is 2.78 bits per heavy atom. The molecule has 0 amide bonds. The number of benzene rings is 1. The van der Waals surface area contributed by atoms with E-state index in [2.05, 4.69) is 26.2 Å². The van der Waals surface area contributed by atoms with Crippen LogP contribution in [-0.4, -0.2) is 4.98 Å². The molecular weight excluding hydrogens is 335 g/mol. The Bertz CT molecular complexity index is 573. The summed E-state index contributed by atoms with van der Waals surface area (Å²) in [5.74, 6) is 0. The average Bonchev–Trinajstić information content (AvgIpc) is 2.34. The second-order valence-corrected chi connectivity index (χ2v) is 5.57. The van der Waals surface area contributed by atoms with Crippen LogP contribution in [0.2, 0.25) is 10.2 Å². The smallest absolute Gasteiger partial charge is 0.152 e. The van der Waals surface area contributed by atoms with Crippen LogP contribution in [0.25, 0.3) is 0 Å². The molecular formula is C13H11BrCl2N2. The Balaban J connectivity index is 2.11. The molecule has 2 rings (SSSR count). The van der Waals surface area contributed by atoms with Crippen LogP contribution in [0.1, 0.15) is 11.1 Å². The molecule has 0 aliphatic heterocycles. The number of pyridine rings is 1. The molecule has 0 bridgehead atoms. The molecule has 94 valence electrons. The minimum absolute atomic E-state index is 0.476. The van der Waals surface area contributed by atoms with Crippen molar-refractivity contribution in [2.45, 2.75) is 13.5 Å². The molecule has 2 nitrogen and oxygen atoms in total. The second kappa shape index (κ2) is 5.91.